The molecule has 1 amide bonds. The summed E-state index contributed by atoms with van der Waals surface area (Å²) in [7, 11) is 0. The fourth-order valence-corrected chi connectivity index (χ4v) is 4.10. The van der Waals surface area contributed by atoms with E-state index in [1.165, 1.54) is 0 Å². The van der Waals surface area contributed by atoms with Crippen LogP contribution in [0, 0.1) is 5.92 Å². The van der Waals surface area contributed by atoms with Crippen molar-refractivity contribution in [3.63, 3.8) is 0 Å². The monoisotopic (exact) mass is 436 g/mol. The summed E-state index contributed by atoms with van der Waals surface area (Å²) in [4.78, 5) is 12.2. The second kappa shape index (κ2) is 12.8. The predicted molar refractivity (Wildman–Crippen MR) is 110 cm³/mol. The third-order valence-corrected chi connectivity index (χ3v) is 5.77. The molecule has 0 aromatic heterocycles. The highest BCUT2D eigenvalue weighted by Crippen LogP contribution is 2.32. The van der Waals surface area contributed by atoms with Crippen LogP contribution in [0.3, 0.4) is 0 Å². The van der Waals surface area contributed by atoms with E-state index < -0.39 is 67.1 Å². The van der Waals surface area contributed by atoms with Gasteiger partial charge in [-0.25, -0.2) is 0 Å². The van der Waals surface area contributed by atoms with Crippen molar-refractivity contribution in [2.45, 2.75) is 94.3 Å². The standard InChI is InChI=1S/C17H34N4O7.C2H6/c18-2-1-10(23)17(27)21-9-3-7(19)4-11(24)8(9)5-12-15(25)14(20)16(26)13(6-22)28-12;1-2/h7-16,22-26H,1-6,18-20H2,(H,21,27);1-2H3/t7-,8-,9+,10-,11-,12+,13+,14+,15-,16+;/m0./s1. The highest BCUT2D eigenvalue weighted by Gasteiger charge is 2.46. The fraction of sp³-hybridized carbons (Fsp3) is 0.947. The number of rotatable bonds is 7. The van der Waals surface area contributed by atoms with E-state index in [2.05, 4.69) is 5.32 Å². The van der Waals surface area contributed by atoms with Gasteiger partial charge in [0, 0.05) is 18.0 Å². The molecule has 2 rings (SSSR count). The van der Waals surface area contributed by atoms with Gasteiger partial charge in [-0.1, -0.05) is 13.8 Å². The summed E-state index contributed by atoms with van der Waals surface area (Å²) in [6.07, 6.45) is -5.44. The number of amides is 1. The molecule has 11 nitrogen and oxygen atoms in total. The predicted octanol–water partition coefficient (Wildman–Crippen LogP) is -3.50. The molecule has 1 aliphatic carbocycles. The molecule has 2 aliphatic rings. The number of carbonyl (C=O) groups is 1. The third kappa shape index (κ3) is 6.81. The SMILES string of the molecule is CC.NCC[C@H](O)C(=O)N[C@@H]1C[C@H](N)C[C@H](O)[C@H]1C[C@H]1O[C@H](CO)[C@@H](O)[C@H](N)[C@H]1O. The van der Waals surface area contributed by atoms with E-state index in [0.29, 0.717) is 12.8 Å². The molecule has 0 unspecified atom stereocenters. The molecule has 0 spiro atoms. The Kier molecular flexibility index (Phi) is 11.6. The van der Waals surface area contributed by atoms with Crippen molar-refractivity contribution in [1.82, 2.24) is 5.32 Å². The van der Waals surface area contributed by atoms with Gasteiger partial charge in [-0.15, -0.1) is 0 Å². The number of carbonyl (C=O) groups excluding carboxylic acids is 1. The maximum absolute atomic E-state index is 12.2. The summed E-state index contributed by atoms with van der Waals surface area (Å²) in [5.74, 6) is -1.12. The molecule has 0 bridgehead atoms. The smallest absolute Gasteiger partial charge is 0.249 e. The molecule has 12 N–H and O–H groups in total. The van der Waals surface area contributed by atoms with E-state index in [4.69, 9.17) is 21.9 Å². The van der Waals surface area contributed by atoms with Gasteiger partial charge in [0.05, 0.1) is 31.0 Å². The van der Waals surface area contributed by atoms with Crippen LogP contribution in [0.1, 0.15) is 39.5 Å². The first-order valence-electron chi connectivity index (χ1n) is 10.7. The van der Waals surface area contributed by atoms with Gasteiger partial charge in [-0.2, -0.15) is 0 Å². The van der Waals surface area contributed by atoms with Gasteiger partial charge in [-0.05, 0) is 32.2 Å². The van der Waals surface area contributed by atoms with Gasteiger partial charge >= 0.3 is 0 Å². The van der Waals surface area contributed by atoms with Crippen LogP contribution in [-0.4, -0.2) is 99.3 Å². The van der Waals surface area contributed by atoms with Crippen molar-refractivity contribution in [2.75, 3.05) is 13.2 Å². The number of hydrogen-bond acceptors (Lipinski definition) is 10. The quantitative estimate of drug-likeness (QED) is 0.192. The van der Waals surface area contributed by atoms with Crippen molar-refractivity contribution >= 4 is 5.91 Å². The zero-order valence-corrected chi connectivity index (χ0v) is 17.8. The van der Waals surface area contributed by atoms with Crippen LogP contribution in [0.2, 0.25) is 0 Å². The van der Waals surface area contributed by atoms with Crippen LogP contribution >= 0.6 is 0 Å². The average molecular weight is 437 g/mol. The topological polar surface area (TPSA) is 218 Å². The number of nitrogens with one attached hydrogen (secondary N) is 1. The number of aliphatic hydroxyl groups excluding tert-OH is 5. The highest BCUT2D eigenvalue weighted by molar-refractivity contribution is 5.80. The normalized spacial score (nSPS) is 40.1. The number of aliphatic hydroxyl groups is 5. The van der Waals surface area contributed by atoms with Crippen LogP contribution in [0.5, 0.6) is 0 Å². The molecular weight excluding hydrogens is 396 g/mol. The van der Waals surface area contributed by atoms with Gasteiger partial charge in [0.2, 0.25) is 5.91 Å². The lowest BCUT2D eigenvalue weighted by atomic mass is 9.75. The maximum Gasteiger partial charge on any atom is 0.249 e. The molecule has 10 atom stereocenters. The molecule has 178 valence electrons. The molecule has 0 aromatic carbocycles. The second-order valence-electron chi connectivity index (χ2n) is 7.86. The Balaban J connectivity index is 0.00000218. The molecule has 1 aliphatic heterocycles. The van der Waals surface area contributed by atoms with Gasteiger partial charge < -0.3 is 52.8 Å². The van der Waals surface area contributed by atoms with Crippen molar-refractivity contribution in [3.05, 3.63) is 0 Å². The fourth-order valence-electron chi connectivity index (χ4n) is 4.10. The second-order valence-corrected chi connectivity index (χ2v) is 7.86. The van der Waals surface area contributed by atoms with E-state index in [1.807, 2.05) is 13.8 Å². The Morgan fingerprint density at radius 2 is 1.73 bits per heavy atom. The Morgan fingerprint density at radius 3 is 2.30 bits per heavy atom. The Bertz CT molecular complexity index is 513. The molecular formula is C19H40N4O7. The first-order valence-corrected chi connectivity index (χ1v) is 10.7. The van der Waals surface area contributed by atoms with E-state index in [1.54, 1.807) is 0 Å². The van der Waals surface area contributed by atoms with E-state index in [-0.39, 0.29) is 25.4 Å². The van der Waals surface area contributed by atoms with Crippen molar-refractivity contribution in [1.29, 1.82) is 0 Å². The molecule has 0 radical (unpaired) electrons. The maximum atomic E-state index is 12.2. The Labute approximate surface area is 177 Å². The van der Waals surface area contributed by atoms with Gasteiger partial charge in [0.1, 0.15) is 18.3 Å². The zero-order valence-electron chi connectivity index (χ0n) is 17.8. The number of nitrogens with two attached hydrogens (primary N) is 3. The third-order valence-electron chi connectivity index (χ3n) is 5.77. The lowest BCUT2D eigenvalue weighted by Crippen LogP contribution is -2.63. The van der Waals surface area contributed by atoms with Crippen molar-refractivity contribution in [2.24, 2.45) is 23.1 Å². The molecule has 2 fully saturated rings. The van der Waals surface area contributed by atoms with Crippen LogP contribution < -0.4 is 22.5 Å². The number of ether oxygens (including phenoxy) is 1. The lowest BCUT2D eigenvalue weighted by molar-refractivity contribution is -0.197. The van der Waals surface area contributed by atoms with Crippen molar-refractivity contribution < 1.29 is 35.1 Å². The van der Waals surface area contributed by atoms with Crippen LogP contribution in [0.25, 0.3) is 0 Å². The Morgan fingerprint density at radius 1 is 1.13 bits per heavy atom. The van der Waals surface area contributed by atoms with E-state index >= 15 is 0 Å². The largest absolute Gasteiger partial charge is 0.394 e. The summed E-state index contributed by atoms with van der Waals surface area (Å²) in [5, 5.41) is 52.8. The van der Waals surface area contributed by atoms with Crippen LogP contribution in [-0.2, 0) is 9.53 Å². The summed E-state index contributed by atoms with van der Waals surface area (Å²) in [6.45, 7) is 3.68. The van der Waals surface area contributed by atoms with Crippen LogP contribution in [0.4, 0.5) is 0 Å². The van der Waals surface area contributed by atoms with Gasteiger partial charge in [0.15, 0.2) is 0 Å². The molecule has 1 saturated heterocycles. The summed E-state index contributed by atoms with van der Waals surface area (Å²) < 4.78 is 5.60. The van der Waals surface area contributed by atoms with E-state index in [0.717, 1.165) is 0 Å². The summed E-state index contributed by atoms with van der Waals surface area (Å²) in [5.41, 5.74) is 17.2. The van der Waals surface area contributed by atoms with Crippen LogP contribution in [0.15, 0.2) is 0 Å². The minimum atomic E-state index is -1.26. The highest BCUT2D eigenvalue weighted by atomic mass is 16.5. The van der Waals surface area contributed by atoms with Gasteiger partial charge in [0.25, 0.3) is 0 Å². The minimum absolute atomic E-state index is 0.104. The average Bonchev–Trinajstić information content (AvgIpc) is 2.72. The summed E-state index contributed by atoms with van der Waals surface area (Å²) in [6, 6.07) is -1.90. The van der Waals surface area contributed by atoms with E-state index in [9.17, 15) is 30.3 Å². The number of hydrogen-bond donors (Lipinski definition) is 9. The zero-order chi connectivity index (χ0) is 23.0. The van der Waals surface area contributed by atoms with Crippen molar-refractivity contribution in [3.8, 4) is 0 Å². The lowest BCUT2D eigenvalue weighted by Gasteiger charge is -2.45. The van der Waals surface area contributed by atoms with Gasteiger partial charge in [-0.3, -0.25) is 4.79 Å². The first kappa shape index (κ1) is 27.1. The first-order chi connectivity index (χ1) is 14.2. The minimum Gasteiger partial charge on any atom is -0.394 e. The Hall–Kier alpha value is -0.890. The molecule has 1 saturated carbocycles. The molecule has 0 aromatic rings. The molecule has 30 heavy (non-hydrogen) atoms. The molecule has 1 heterocycles. The summed E-state index contributed by atoms with van der Waals surface area (Å²) >= 11 is 0. The molecule has 11 heteroatoms.